The number of aryl methyl sites for hydroxylation is 1. The Hall–Kier alpha value is -3.00. The second kappa shape index (κ2) is 7.49. The molecule has 0 aliphatic rings. The number of fused-ring (bicyclic) bond motifs is 1. The fourth-order valence-electron chi connectivity index (χ4n) is 2.70. The van der Waals surface area contributed by atoms with Crippen LogP contribution in [0.1, 0.15) is 17.6 Å². The fraction of sp³-hybridized carbons (Fsp3) is 0.333. The lowest BCUT2D eigenvalue weighted by Gasteiger charge is -2.17. The first kappa shape index (κ1) is 17.8. The summed E-state index contributed by atoms with van der Waals surface area (Å²) in [6.07, 6.45) is 0. The summed E-state index contributed by atoms with van der Waals surface area (Å²) in [6, 6.07) is 7.07. The summed E-state index contributed by atoms with van der Waals surface area (Å²) in [5, 5.41) is 3.90. The highest BCUT2D eigenvalue weighted by atomic mass is 16.5. The predicted octanol–water partition coefficient (Wildman–Crippen LogP) is 2.93. The van der Waals surface area contributed by atoms with Gasteiger partial charge in [0, 0.05) is 18.6 Å². The van der Waals surface area contributed by atoms with E-state index in [1.54, 1.807) is 33.5 Å². The van der Waals surface area contributed by atoms with Crippen LogP contribution in [0.5, 0.6) is 11.5 Å². The van der Waals surface area contributed by atoms with Crippen LogP contribution in [-0.2, 0) is 4.74 Å². The topological polar surface area (TPSA) is 105 Å². The number of aromatic nitrogens is 2. The highest BCUT2D eigenvalue weighted by Crippen LogP contribution is 2.34. The third-order valence-electron chi connectivity index (χ3n) is 3.97. The summed E-state index contributed by atoms with van der Waals surface area (Å²) in [5.41, 5.74) is 6.77. The molecule has 0 saturated carbocycles. The van der Waals surface area contributed by atoms with E-state index >= 15 is 0 Å². The number of methoxy groups -OCH3 is 3. The van der Waals surface area contributed by atoms with Crippen LogP contribution in [0.4, 0.5) is 11.8 Å². The predicted molar refractivity (Wildman–Crippen MR) is 98.7 cm³/mol. The molecular formula is C18H22N4O4. The number of hydrogen-bond donors (Lipinski definition) is 2. The van der Waals surface area contributed by atoms with Crippen LogP contribution >= 0.6 is 0 Å². The number of nitrogen functional groups attached to an aromatic ring is 1. The maximum atomic E-state index is 6.12. The van der Waals surface area contributed by atoms with Gasteiger partial charge in [-0.1, -0.05) is 0 Å². The van der Waals surface area contributed by atoms with Gasteiger partial charge in [0.1, 0.15) is 23.4 Å². The molecule has 2 heterocycles. The Labute approximate surface area is 151 Å². The van der Waals surface area contributed by atoms with Crippen molar-refractivity contribution >= 4 is 22.7 Å². The van der Waals surface area contributed by atoms with Crippen LogP contribution in [0, 0.1) is 6.92 Å². The Kier molecular flexibility index (Phi) is 5.13. The summed E-state index contributed by atoms with van der Waals surface area (Å²) >= 11 is 0. The Bertz CT molecular complexity index is 910. The second-order valence-corrected chi connectivity index (χ2v) is 5.76. The van der Waals surface area contributed by atoms with E-state index in [9.17, 15) is 0 Å². The van der Waals surface area contributed by atoms with Crippen LogP contribution in [-0.4, -0.2) is 37.9 Å². The van der Waals surface area contributed by atoms with Gasteiger partial charge < -0.3 is 29.7 Å². The number of furan rings is 1. The van der Waals surface area contributed by atoms with E-state index < -0.39 is 0 Å². The Morgan fingerprint density at radius 3 is 2.46 bits per heavy atom. The van der Waals surface area contributed by atoms with Crippen molar-refractivity contribution in [3.05, 3.63) is 35.8 Å². The standard InChI is InChI=1S/C18H22N4O4/c1-10-5-6-14(26-10)13(9-23-2)21-18-20-12-8-16(25-4)15(24-3)7-11(12)17(19)22-18/h5-8,13H,9H2,1-4H3,(H3,19,20,21,22). The Morgan fingerprint density at radius 2 is 1.85 bits per heavy atom. The van der Waals surface area contributed by atoms with Gasteiger partial charge in [0.05, 0.1) is 26.3 Å². The third kappa shape index (κ3) is 3.50. The SMILES string of the molecule is COCC(Nc1nc(N)c2cc(OC)c(OC)cc2n1)c1ccc(C)o1. The van der Waals surface area contributed by atoms with Crippen LogP contribution in [0.2, 0.25) is 0 Å². The lowest BCUT2D eigenvalue weighted by molar-refractivity contribution is 0.178. The fourth-order valence-corrected chi connectivity index (χ4v) is 2.70. The molecule has 1 atom stereocenters. The number of nitrogens with zero attached hydrogens (tertiary/aromatic N) is 2. The van der Waals surface area contributed by atoms with Gasteiger partial charge in [-0.25, -0.2) is 4.98 Å². The summed E-state index contributed by atoms with van der Waals surface area (Å²) in [5.74, 6) is 3.40. The highest BCUT2D eigenvalue weighted by Gasteiger charge is 2.18. The number of nitrogens with two attached hydrogens (primary N) is 1. The van der Waals surface area contributed by atoms with Crippen molar-refractivity contribution in [1.29, 1.82) is 0 Å². The lowest BCUT2D eigenvalue weighted by atomic mass is 10.2. The smallest absolute Gasteiger partial charge is 0.225 e. The molecule has 3 aromatic rings. The minimum atomic E-state index is -0.245. The molecule has 0 saturated heterocycles. The largest absolute Gasteiger partial charge is 0.493 e. The molecule has 26 heavy (non-hydrogen) atoms. The van der Waals surface area contributed by atoms with E-state index in [1.165, 1.54) is 0 Å². The minimum absolute atomic E-state index is 0.245. The van der Waals surface area contributed by atoms with Gasteiger partial charge >= 0.3 is 0 Å². The van der Waals surface area contributed by atoms with E-state index in [4.69, 9.17) is 24.4 Å². The summed E-state index contributed by atoms with van der Waals surface area (Å²) in [6.45, 7) is 2.28. The molecule has 138 valence electrons. The molecule has 0 bridgehead atoms. The summed E-state index contributed by atoms with van der Waals surface area (Å²) in [4.78, 5) is 8.89. The van der Waals surface area contributed by atoms with E-state index in [2.05, 4.69) is 15.3 Å². The first-order chi connectivity index (χ1) is 12.5. The van der Waals surface area contributed by atoms with Crippen molar-refractivity contribution in [1.82, 2.24) is 9.97 Å². The van der Waals surface area contributed by atoms with Crippen LogP contribution in [0.3, 0.4) is 0 Å². The minimum Gasteiger partial charge on any atom is -0.493 e. The molecule has 1 aromatic carbocycles. The number of anilines is 2. The van der Waals surface area contributed by atoms with Crippen molar-refractivity contribution < 1.29 is 18.6 Å². The van der Waals surface area contributed by atoms with Gasteiger partial charge in [0.2, 0.25) is 5.95 Å². The molecular weight excluding hydrogens is 336 g/mol. The molecule has 3 rings (SSSR count). The molecule has 0 spiro atoms. The zero-order chi connectivity index (χ0) is 18.7. The van der Waals surface area contributed by atoms with Gasteiger partial charge in [-0.15, -0.1) is 0 Å². The van der Waals surface area contributed by atoms with Crippen LogP contribution < -0.4 is 20.5 Å². The number of ether oxygens (including phenoxy) is 3. The van der Waals surface area contributed by atoms with E-state index in [0.717, 1.165) is 11.5 Å². The number of nitrogens with one attached hydrogen (secondary N) is 1. The van der Waals surface area contributed by atoms with Crippen LogP contribution in [0.15, 0.2) is 28.7 Å². The molecule has 0 aliphatic carbocycles. The van der Waals surface area contributed by atoms with Gasteiger partial charge in [-0.3, -0.25) is 0 Å². The number of rotatable bonds is 7. The first-order valence-corrected chi connectivity index (χ1v) is 8.06. The van der Waals surface area contributed by atoms with E-state index in [1.807, 2.05) is 19.1 Å². The van der Waals surface area contributed by atoms with Crippen LogP contribution in [0.25, 0.3) is 10.9 Å². The monoisotopic (exact) mass is 358 g/mol. The zero-order valence-corrected chi connectivity index (χ0v) is 15.2. The average molecular weight is 358 g/mol. The molecule has 0 fully saturated rings. The van der Waals surface area contributed by atoms with Gasteiger partial charge in [-0.2, -0.15) is 4.98 Å². The van der Waals surface area contributed by atoms with Gasteiger partial charge in [-0.05, 0) is 25.1 Å². The molecule has 8 nitrogen and oxygen atoms in total. The summed E-state index contributed by atoms with van der Waals surface area (Å²) in [7, 11) is 4.76. The summed E-state index contributed by atoms with van der Waals surface area (Å²) < 4.78 is 21.6. The Morgan fingerprint density at radius 1 is 1.12 bits per heavy atom. The molecule has 0 radical (unpaired) electrons. The van der Waals surface area contributed by atoms with E-state index in [-0.39, 0.29) is 6.04 Å². The third-order valence-corrected chi connectivity index (χ3v) is 3.97. The van der Waals surface area contributed by atoms with Crippen molar-refractivity contribution in [2.45, 2.75) is 13.0 Å². The maximum Gasteiger partial charge on any atom is 0.225 e. The maximum absolute atomic E-state index is 6.12. The number of hydrogen-bond acceptors (Lipinski definition) is 8. The zero-order valence-electron chi connectivity index (χ0n) is 15.2. The highest BCUT2D eigenvalue weighted by molar-refractivity contribution is 5.91. The molecule has 3 N–H and O–H groups in total. The van der Waals surface area contributed by atoms with Crippen molar-refractivity contribution in [3.8, 4) is 11.5 Å². The average Bonchev–Trinajstić information content (AvgIpc) is 3.06. The van der Waals surface area contributed by atoms with Gasteiger partial charge in [0.25, 0.3) is 0 Å². The van der Waals surface area contributed by atoms with Crippen molar-refractivity contribution in [3.63, 3.8) is 0 Å². The quantitative estimate of drug-likeness (QED) is 0.664. The van der Waals surface area contributed by atoms with Gasteiger partial charge in [0.15, 0.2) is 11.5 Å². The normalized spacial score (nSPS) is 12.2. The molecule has 1 unspecified atom stereocenters. The molecule has 0 amide bonds. The van der Waals surface area contributed by atoms with E-state index in [0.29, 0.717) is 40.8 Å². The number of benzene rings is 1. The Balaban J connectivity index is 1.98. The molecule has 8 heteroatoms. The lowest BCUT2D eigenvalue weighted by Crippen LogP contribution is -2.17. The first-order valence-electron chi connectivity index (χ1n) is 8.06. The molecule has 2 aromatic heterocycles. The second-order valence-electron chi connectivity index (χ2n) is 5.76. The molecule has 0 aliphatic heterocycles. The van der Waals surface area contributed by atoms with Crippen molar-refractivity contribution in [2.75, 3.05) is 39.0 Å². The van der Waals surface area contributed by atoms with Crippen molar-refractivity contribution in [2.24, 2.45) is 0 Å².